The minimum absolute atomic E-state index is 0.000331. The minimum Gasteiger partial charge on any atom is -0.491 e. The molecule has 1 N–H and O–H groups in total. The number of carbonyl (C=O) groups is 1. The van der Waals surface area contributed by atoms with E-state index in [0.29, 0.717) is 28.1 Å². The molecule has 1 aliphatic heterocycles. The van der Waals surface area contributed by atoms with Gasteiger partial charge in [0, 0.05) is 35.7 Å². The lowest BCUT2D eigenvalue weighted by molar-refractivity contribution is -0.124. The van der Waals surface area contributed by atoms with Crippen LogP contribution in [0.25, 0.3) is 0 Å². The van der Waals surface area contributed by atoms with E-state index in [1.807, 2.05) is 0 Å². The van der Waals surface area contributed by atoms with Gasteiger partial charge in [0.15, 0.2) is 6.61 Å². The third-order valence-electron chi connectivity index (χ3n) is 4.84. The molecule has 5 nitrogen and oxygen atoms in total. The normalized spacial score (nSPS) is 16.1. The topological polar surface area (TPSA) is 50.8 Å². The lowest BCUT2D eigenvalue weighted by Crippen LogP contribution is -2.47. The highest BCUT2D eigenvalue weighted by atomic mass is 35.5. The van der Waals surface area contributed by atoms with Gasteiger partial charge < -0.3 is 19.7 Å². The van der Waals surface area contributed by atoms with E-state index >= 15 is 0 Å². The highest BCUT2D eigenvalue weighted by Crippen LogP contribution is 2.17. The molecule has 0 aromatic heterocycles. The van der Waals surface area contributed by atoms with E-state index < -0.39 is 6.17 Å². The first-order chi connectivity index (χ1) is 14.5. The predicted molar refractivity (Wildman–Crippen MR) is 116 cm³/mol. The van der Waals surface area contributed by atoms with Gasteiger partial charge in [-0.2, -0.15) is 0 Å². The van der Waals surface area contributed by atoms with Gasteiger partial charge in [0.05, 0.1) is 0 Å². The molecule has 8 heteroatoms. The third kappa shape index (κ3) is 7.67. The van der Waals surface area contributed by atoms with Crippen molar-refractivity contribution in [1.29, 1.82) is 0 Å². The van der Waals surface area contributed by atoms with Crippen LogP contribution in [0.3, 0.4) is 0 Å². The number of likely N-dealkylation sites (tertiary alicyclic amines) is 1. The van der Waals surface area contributed by atoms with E-state index in [1.54, 1.807) is 48.5 Å². The molecule has 0 radical (unpaired) electrons. The largest absolute Gasteiger partial charge is 0.491 e. The summed E-state index contributed by atoms with van der Waals surface area (Å²) in [6.45, 7) is 1.72. The molecule has 1 aliphatic rings. The SMILES string of the molecule is O=C(COc1ccc(Cl)cc1)NC1CCN(CC(F)COc2ccc(Cl)cc2)CC1. The van der Waals surface area contributed by atoms with Gasteiger partial charge in [-0.05, 0) is 61.4 Å². The number of carbonyl (C=O) groups excluding carboxylic acids is 1. The van der Waals surface area contributed by atoms with Crippen molar-refractivity contribution in [3.8, 4) is 11.5 Å². The van der Waals surface area contributed by atoms with Crippen molar-refractivity contribution in [2.45, 2.75) is 25.1 Å². The molecule has 0 bridgehead atoms. The molecule has 2 aromatic rings. The van der Waals surface area contributed by atoms with Crippen LogP contribution in [0.2, 0.25) is 10.0 Å². The maximum Gasteiger partial charge on any atom is 0.258 e. The molecule has 1 heterocycles. The van der Waals surface area contributed by atoms with Crippen molar-refractivity contribution >= 4 is 29.1 Å². The molecule has 0 spiro atoms. The van der Waals surface area contributed by atoms with Crippen molar-refractivity contribution in [2.75, 3.05) is 32.8 Å². The fourth-order valence-electron chi connectivity index (χ4n) is 3.26. The summed E-state index contributed by atoms with van der Waals surface area (Å²) in [5.74, 6) is 1.03. The van der Waals surface area contributed by atoms with Crippen LogP contribution in [0.15, 0.2) is 48.5 Å². The first-order valence-corrected chi connectivity index (χ1v) is 10.7. The van der Waals surface area contributed by atoms with Gasteiger partial charge in [-0.3, -0.25) is 4.79 Å². The first-order valence-electron chi connectivity index (χ1n) is 9.90. The Hall–Kier alpha value is -2.02. The average molecular weight is 455 g/mol. The summed E-state index contributed by atoms with van der Waals surface area (Å²) in [7, 11) is 0. The number of ether oxygens (including phenoxy) is 2. The van der Waals surface area contributed by atoms with Crippen molar-refractivity contribution in [1.82, 2.24) is 10.2 Å². The number of alkyl halides is 1. The predicted octanol–water partition coefficient (Wildman–Crippen LogP) is 4.37. The van der Waals surface area contributed by atoms with E-state index in [2.05, 4.69) is 10.2 Å². The Bertz CT molecular complexity index is 797. The Balaban J connectivity index is 1.30. The Morgan fingerprint density at radius 2 is 1.53 bits per heavy atom. The molecule has 2 aromatic carbocycles. The zero-order chi connectivity index (χ0) is 21.3. The van der Waals surface area contributed by atoms with Gasteiger partial charge in [0.2, 0.25) is 0 Å². The number of nitrogens with one attached hydrogen (secondary N) is 1. The molecule has 0 aliphatic carbocycles. The number of hydrogen-bond acceptors (Lipinski definition) is 4. The number of halogens is 3. The van der Waals surface area contributed by atoms with Gasteiger partial charge in [0.1, 0.15) is 24.3 Å². The van der Waals surface area contributed by atoms with Crippen LogP contribution in [0, 0.1) is 0 Å². The van der Waals surface area contributed by atoms with Crippen LogP contribution in [0.1, 0.15) is 12.8 Å². The average Bonchev–Trinajstić information content (AvgIpc) is 2.74. The van der Waals surface area contributed by atoms with Crippen molar-refractivity contribution in [2.24, 2.45) is 0 Å². The number of hydrogen-bond donors (Lipinski definition) is 1. The van der Waals surface area contributed by atoms with Crippen molar-refractivity contribution in [3.05, 3.63) is 58.6 Å². The summed E-state index contributed by atoms with van der Waals surface area (Å²) in [6, 6.07) is 13.8. The van der Waals surface area contributed by atoms with Crippen molar-refractivity contribution in [3.63, 3.8) is 0 Å². The van der Waals surface area contributed by atoms with Gasteiger partial charge >= 0.3 is 0 Å². The van der Waals surface area contributed by atoms with E-state index in [1.165, 1.54) is 0 Å². The van der Waals surface area contributed by atoms with Gasteiger partial charge in [-0.25, -0.2) is 4.39 Å². The molecule has 162 valence electrons. The quantitative estimate of drug-likeness (QED) is 0.610. The molecule has 1 saturated heterocycles. The Labute approximate surface area is 186 Å². The fraction of sp³-hybridized carbons (Fsp3) is 0.409. The van der Waals surface area contributed by atoms with Crippen LogP contribution < -0.4 is 14.8 Å². The second-order valence-electron chi connectivity index (χ2n) is 7.25. The molecule has 1 fully saturated rings. The van der Waals surface area contributed by atoms with Crippen LogP contribution in [0.4, 0.5) is 4.39 Å². The van der Waals surface area contributed by atoms with Crippen LogP contribution in [0.5, 0.6) is 11.5 Å². The lowest BCUT2D eigenvalue weighted by atomic mass is 10.0. The Kier molecular flexibility index (Phi) is 8.61. The second-order valence-corrected chi connectivity index (χ2v) is 8.12. The number of rotatable bonds is 9. The van der Waals surface area contributed by atoms with Crippen LogP contribution in [-0.4, -0.2) is 55.9 Å². The molecule has 3 rings (SSSR count). The molecular weight excluding hydrogens is 430 g/mol. The van der Waals surface area contributed by atoms with Crippen molar-refractivity contribution < 1.29 is 18.7 Å². The second kappa shape index (κ2) is 11.4. The van der Waals surface area contributed by atoms with E-state index in [-0.39, 0.29) is 25.2 Å². The van der Waals surface area contributed by atoms with Gasteiger partial charge in [-0.1, -0.05) is 23.2 Å². The summed E-state index contributed by atoms with van der Waals surface area (Å²) >= 11 is 11.6. The van der Waals surface area contributed by atoms with E-state index in [9.17, 15) is 9.18 Å². The van der Waals surface area contributed by atoms with E-state index in [0.717, 1.165) is 25.9 Å². The van der Waals surface area contributed by atoms with Gasteiger partial charge in [-0.15, -0.1) is 0 Å². The zero-order valence-corrected chi connectivity index (χ0v) is 18.0. The third-order valence-corrected chi connectivity index (χ3v) is 5.34. The maximum absolute atomic E-state index is 14.3. The summed E-state index contributed by atoms with van der Waals surface area (Å²) in [5.41, 5.74) is 0. The molecule has 1 unspecified atom stereocenters. The number of amides is 1. The Morgan fingerprint density at radius 3 is 2.10 bits per heavy atom. The monoisotopic (exact) mass is 454 g/mol. The summed E-state index contributed by atoms with van der Waals surface area (Å²) in [5, 5.41) is 4.21. The maximum atomic E-state index is 14.3. The first kappa shape index (κ1) is 22.7. The highest BCUT2D eigenvalue weighted by molar-refractivity contribution is 6.30. The molecule has 1 amide bonds. The lowest BCUT2D eigenvalue weighted by Gasteiger charge is -2.33. The number of nitrogens with zero attached hydrogens (tertiary/aromatic N) is 1. The smallest absolute Gasteiger partial charge is 0.258 e. The molecule has 1 atom stereocenters. The minimum atomic E-state index is -1.08. The number of piperidine rings is 1. The highest BCUT2D eigenvalue weighted by Gasteiger charge is 2.23. The molecular formula is C22H25Cl2FN2O3. The Morgan fingerprint density at radius 1 is 1.00 bits per heavy atom. The summed E-state index contributed by atoms with van der Waals surface area (Å²) < 4.78 is 25.2. The molecule has 30 heavy (non-hydrogen) atoms. The van der Waals surface area contributed by atoms with E-state index in [4.69, 9.17) is 32.7 Å². The molecule has 0 saturated carbocycles. The standard InChI is InChI=1S/C22H25Cl2FN2O3/c23-16-1-5-20(6-2-16)29-14-18(25)13-27-11-9-19(10-12-27)26-22(28)15-30-21-7-3-17(24)4-8-21/h1-8,18-19H,9-15H2,(H,26,28). The van der Waals surface area contributed by atoms with Crippen LogP contribution in [-0.2, 0) is 4.79 Å². The van der Waals surface area contributed by atoms with Crippen LogP contribution >= 0.6 is 23.2 Å². The summed E-state index contributed by atoms with van der Waals surface area (Å²) in [4.78, 5) is 14.1. The fourth-order valence-corrected chi connectivity index (χ4v) is 3.51. The summed E-state index contributed by atoms with van der Waals surface area (Å²) in [6.07, 6.45) is 0.467. The van der Waals surface area contributed by atoms with Gasteiger partial charge in [0.25, 0.3) is 5.91 Å². The zero-order valence-electron chi connectivity index (χ0n) is 16.5. The number of benzene rings is 2.